The lowest BCUT2D eigenvalue weighted by atomic mass is 9.51. The van der Waals surface area contributed by atoms with E-state index in [2.05, 4.69) is 11.9 Å². The molecule has 7 nitrogen and oxygen atoms in total. The van der Waals surface area contributed by atoms with Crippen molar-refractivity contribution in [2.75, 3.05) is 0 Å². The zero-order valence-corrected chi connectivity index (χ0v) is 21.9. The lowest BCUT2D eigenvalue weighted by Crippen LogP contribution is -2.60. The van der Waals surface area contributed by atoms with E-state index < -0.39 is 46.9 Å². The molecule has 1 aromatic carbocycles. The maximum Gasteiger partial charge on any atom is 0.303 e. The quantitative estimate of drug-likeness (QED) is 0.428. The Morgan fingerprint density at radius 1 is 1.19 bits per heavy atom. The van der Waals surface area contributed by atoms with E-state index >= 15 is 0 Å². The van der Waals surface area contributed by atoms with Crippen molar-refractivity contribution in [3.63, 3.8) is 0 Å². The molecule has 3 aliphatic rings. The molecule has 0 radical (unpaired) electrons. The van der Waals surface area contributed by atoms with Crippen LogP contribution in [0.2, 0.25) is 0 Å². The molecule has 0 aromatic heterocycles. The maximum atomic E-state index is 14.1. The maximum absolute atomic E-state index is 14.1. The SMILES string of the molecule is C=C1[C@@H](C)[C@H]2[C@H](Cc3ccccc3)NC(=O)[C@]23[C@H](O)/C=C/[C@@](C)(O)C(=O)[C@@H](C)C/C=C/[C@H]3[C@@H]1OC(C)=O. The molecule has 9 atom stereocenters. The van der Waals surface area contributed by atoms with Gasteiger partial charge in [-0.25, -0.2) is 0 Å². The van der Waals surface area contributed by atoms with Gasteiger partial charge >= 0.3 is 5.97 Å². The number of carbonyl (C=O) groups excluding carboxylic acids is 3. The highest BCUT2D eigenvalue weighted by Gasteiger charge is 2.68. The van der Waals surface area contributed by atoms with Gasteiger partial charge in [0.05, 0.1) is 11.5 Å². The van der Waals surface area contributed by atoms with E-state index in [0.29, 0.717) is 18.4 Å². The molecule has 0 unspecified atom stereocenters. The van der Waals surface area contributed by atoms with Gasteiger partial charge in [0.25, 0.3) is 0 Å². The van der Waals surface area contributed by atoms with Crippen LogP contribution in [-0.2, 0) is 25.5 Å². The van der Waals surface area contributed by atoms with Gasteiger partial charge in [0.15, 0.2) is 5.78 Å². The van der Waals surface area contributed by atoms with Crippen LogP contribution in [0.5, 0.6) is 0 Å². The van der Waals surface area contributed by atoms with Gasteiger partial charge < -0.3 is 20.3 Å². The number of esters is 1. The van der Waals surface area contributed by atoms with Crippen LogP contribution >= 0.6 is 0 Å². The van der Waals surface area contributed by atoms with Crippen LogP contribution in [-0.4, -0.2) is 51.7 Å². The van der Waals surface area contributed by atoms with Crippen molar-refractivity contribution in [2.45, 2.75) is 64.4 Å². The summed E-state index contributed by atoms with van der Waals surface area (Å²) < 4.78 is 5.76. The number of rotatable bonds is 3. The van der Waals surface area contributed by atoms with Gasteiger partial charge in [-0.2, -0.15) is 0 Å². The third-order valence-electron chi connectivity index (χ3n) is 8.52. The number of ketones is 1. The van der Waals surface area contributed by atoms with Crippen LogP contribution in [0.15, 0.2) is 66.8 Å². The molecule has 37 heavy (non-hydrogen) atoms. The van der Waals surface area contributed by atoms with Crippen molar-refractivity contribution in [3.8, 4) is 0 Å². The van der Waals surface area contributed by atoms with E-state index in [0.717, 1.165) is 5.56 Å². The van der Waals surface area contributed by atoms with Gasteiger partial charge in [0.2, 0.25) is 5.91 Å². The average molecular weight is 508 g/mol. The highest BCUT2D eigenvalue weighted by molar-refractivity contribution is 5.91. The minimum absolute atomic E-state index is 0.282. The van der Waals surface area contributed by atoms with Gasteiger partial charge in [0.1, 0.15) is 11.7 Å². The molecule has 1 saturated carbocycles. The molecule has 0 bridgehead atoms. The van der Waals surface area contributed by atoms with Crippen LogP contribution in [0.3, 0.4) is 0 Å². The number of aliphatic hydroxyl groups excluding tert-OH is 1. The van der Waals surface area contributed by atoms with Gasteiger partial charge in [-0.3, -0.25) is 14.4 Å². The van der Waals surface area contributed by atoms with E-state index in [1.165, 1.54) is 26.0 Å². The Morgan fingerprint density at radius 3 is 2.51 bits per heavy atom. The first-order valence-electron chi connectivity index (χ1n) is 12.9. The molecule has 198 valence electrons. The van der Waals surface area contributed by atoms with E-state index in [-0.39, 0.29) is 23.7 Å². The molecule has 1 saturated heterocycles. The Hall–Kier alpha value is -3.03. The number of nitrogens with one attached hydrogen (secondary N) is 1. The molecule has 1 aromatic rings. The first kappa shape index (κ1) is 27.0. The Kier molecular flexibility index (Phi) is 7.32. The van der Waals surface area contributed by atoms with Crippen molar-refractivity contribution in [2.24, 2.45) is 29.1 Å². The number of hydrogen-bond donors (Lipinski definition) is 3. The fourth-order valence-electron chi connectivity index (χ4n) is 6.69. The van der Waals surface area contributed by atoms with Crippen LogP contribution in [0, 0.1) is 29.1 Å². The summed E-state index contributed by atoms with van der Waals surface area (Å²) in [7, 11) is 0. The Bertz CT molecular complexity index is 1140. The van der Waals surface area contributed by atoms with Crippen LogP contribution in [0.4, 0.5) is 0 Å². The average Bonchev–Trinajstić information content (AvgIpc) is 3.13. The lowest BCUT2D eigenvalue weighted by Gasteiger charge is -2.52. The number of benzene rings is 1. The monoisotopic (exact) mass is 507 g/mol. The largest absolute Gasteiger partial charge is 0.457 e. The van der Waals surface area contributed by atoms with Gasteiger partial charge in [-0.15, -0.1) is 0 Å². The van der Waals surface area contributed by atoms with Crippen LogP contribution in [0.1, 0.15) is 39.7 Å². The summed E-state index contributed by atoms with van der Waals surface area (Å²) in [6.45, 7) is 10.7. The molecular weight excluding hydrogens is 470 g/mol. The first-order chi connectivity index (χ1) is 17.4. The van der Waals surface area contributed by atoms with Crippen LogP contribution < -0.4 is 5.32 Å². The van der Waals surface area contributed by atoms with Crippen molar-refractivity contribution in [1.82, 2.24) is 5.32 Å². The molecule has 4 rings (SSSR count). The molecular formula is C30H37NO6. The lowest BCUT2D eigenvalue weighted by molar-refractivity contribution is -0.163. The van der Waals surface area contributed by atoms with Gasteiger partial charge in [0, 0.05) is 30.7 Å². The minimum atomic E-state index is -1.81. The number of carbonyl (C=O) groups is 3. The normalized spacial score (nSPS) is 41.6. The number of Topliss-reactive ketones (excluding diaryl/α,β-unsaturated/α-hetero) is 1. The Morgan fingerprint density at radius 2 is 1.86 bits per heavy atom. The van der Waals surface area contributed by atoms with Crippen molar-refractivity contribution in [1.29, 1.82) is 0 Å². The fourth-order valence-corrected chi connectivity index (χ4v) is 6.69. The summed E-state index contributed by atoms with van der Waals surface area (Å²) in [5.74, 6) is -3.14. The molecule has 2 aliphatic carbocycles. The fraction of sp³-hybridized carbons (Fsp3) is 0.500. The molecule has 1 aliphatic heterocycles. The first-order valence-corrected chi connectivity index (χ1v) is 12.9. The summed E-state index contributed by atoms with van der Waals surface area (Å²) in [4.78, 5) is 39.1. The van der Waals surface area contributed by atoms with Crippen molar-refractivity contribution < 1.29 is 29.3 Å². The van der Waals surface area contributed by atoms with E-state index in [1.807, 2.05) is 37.3 Å². The number of allylic oxidation sites excluding steroid dienone is 1. The molecule has 1 spiro atoms. The molecule has 3 N–H and O–H groups in total. The third-order valence-corrected chi connectivity index (χ3v) is 8.52. The number of aliphatic hydroxyl groups is 2. The van der Waals surface area contributed by atoms with Gasteiger partial charge in [-0.1, -0.05) is 69.0 Å². The zero-order valence-electron chi connectivity index (χ0n) is 21.9. The number of hydrogen-bond acceptors (Lipinski definition) is 6. The summed E-state index contributed by atoms with van der Waals surface area (Å²) in [5, 5.41) is 25.9. The second kappa shape index (κ2) is 10.0. The summed E-state index contributed by atoms with van der Waals surface area (Å²) in [6, 6.07) is 9.50. The van der Waals surface area contributed by atoms with E-state index in [9.17, 15) is 24.6 Å². The highest BCUT2D eigenvalue weighted by atomic mass is 16.5. The zero-order chi connectivity index (χ0) is 27.1. The molecule has 2 fully saturated rings. The molecule has 1 amide bonds. The van der Waals surface area contributed by atoms with Gasteiger partial charge in [-0.05, 0) is 42.9 Å². The number of amides is 1. The van der Waals surface area contributed by atoms with E-state index in [4.69, 9.17) is 4.74 Å². The topological polar surface area (TPSA) is 113 Å². The second-order valence-electron chi connectivity index (χ2n) is 11.0. The smallest absolute Gasteiger partial charge is 0.303 e. The predicted octanol–water partition coefficient (Wildman–Crippen LogP) is 2.92. The van der Waals surface area contributed by atoms with E-state index in [1.54, 1.807) is 19.1 Å². The predicted molar refractivity (Wildman–Crippen MR) is 139 cm³/mol. The Balaban J connectivity index is 1.91. The number of ether oxygens (including phenoxy) is 1. The summed E-state index contributed by atoms with van der Waals surface area (Å²) in [5.41, 5.74) is -1.50. The highest BCUT2D eigenvalue weighted by Crippen LogP contribution is 2.58. The standard InChI is InChI=1S/C30H37NO6/c1-17-10-9-13-22-26(37-20(4)32)19(3)18(2)25-23(16-21-11-7-6-8-12-21)31-28(35)30(22,25)24(33)14-15-29(5,36)27(17)34/h6-9,11-15,17-18,22-26,33,36H,3,10,16H2,1-2,4-5H3,(H,31,35)/b13-9+,15-14+/t17-,18+,22-,23-,24+,25-,26+,29+,30+/m0/s1. The molecule has 7 heteroatoms. The summed E-state index contributed by atoms with van der Waals surface area (Å²) >= 11 is 0. The van der Waals surface area contributed by atoms with Crippen LogP contribution in [0.25, 0.3) is 0 Å². The molecule has 1 heterocycles. The third kappa shape index (κ3) is 4.59. The minimum Gasteiger partial charge on any atom is -0.457 e. The van der Waals surface area contributed by atoms with Crippen molar-refractivity contribution in [3.05, 3.63) is 72.4 Å². The Labute approximate surface area is 218 Å². The van der Waals surface area contributed by atoms with Crippen molar-refractivity contribution >= 4 is 17.7 Å². The summed E-state index contributed by atoms with van der Waals surface area (Å²) in [6.07, 6.45) is 4.90. The second-order valence-corrected chi connectivity index (χ2v) is 11.0.